The quantitative estimate of drug-likeness (QED) is 0.815. The van der Waals surface area contributed by atoms with E-state index in [9.17, 15) is 13.2 Å². The lowest BCUT2D eigenvalue weighted by atomic mass is 9.76. The molecule has 0 saturated carbocycles. The largest absolute Gasteiger partial charge is 0.411 e. The zero-order chi connectivity index (χ0) is 15.5. The average molecular weight is 307 g/mol. The van der Waals surface area contributed by atoms with E-state index in [1.807, 2.05) is 0 Å². The number of hydrogen-bond acceptors (Lipinski definition) is 5. The van der Waals surface area contributed by atoms with Crippen LogP contribution in [0.25, 0.3) is 0 Å². The molecule has 2 rings (SSSR count). The number of nitrogens with one attached hydrogen (secondary N) is 1. The van der Waals surface area contributed by atoms with Crippen molar-refractivity contribution < 1.29 is 22.4 Å². The summed E-state index contributed by atoms with van der Waals surface area (Å²) in [7, 11) is 0. The molecule has 1 fully saturated rings. The lowest BCUT2D eigenvalue weighted by molar-refractivity contribution is -0.173. The molecule has 1 saturated heterocycles. The summed E-state index contributed by atoms with van der Waals surface area (Å²) in [6.07, 6.45) is -3.18. The van der Waals surface area contributed by atoms with Crippen LogP contribution in [0.4, 0.5) is 13.2 Å². The van der Waals surface area contributed by atoms with Crippen molar-refractivity contribution in [3.63, 3.8) is 0 Å². The fourth-order valence-electron chi connectivity index (χ4n) is 2.54. The molecule has 0 spiro atoms. The highest BCUT2D eigenvalue weighted by Crippen LogP contribution is 2.36. The maximum absolute atomic E-state index is 11.9. The first-order valence-corrected chi connectivity index (χ1v) is 7.02. The van der Waals surface area contributed by atoms with Crippen LogP contribution >= 0.6 is 0 Å². The summed E-state index contributed by atoms with van der Waals surface area (Å²) in [6.45, 7) is 4.54. The first kappa shape index (κ1) is 16.2. The number of nitrogens with zero attached hydrogens (tertiary/aromatic N) is 2. The second-order valence-electron chi connectivity index (χ2n) is 5.67. The van der Waals surface area contributed by atoms with Crippen LogP contribution in [0.5, 0.6) is 0 Å². The van der Waals surface area contributed by atoms with Gasteiger partial charge in [0.1, 0.15) is 6.61 Å². The molecule has 5 nitrogen and oxygen atoms in total. The third-order valence-corrected chi connectivity index (χ3v) is 3.92. The van der Waals surface area contributed by atoms with Gasteiger partial charge >= 0.3 is 6.18 Å². The summed E-state index contributed by atoms with van der Waals surface area (Å²) in [6, 6.07) is 0. The summed E-state index contributed by atoms with van der Waals surface area (Å²) < 4.78 is 45.7. The molecule has 0 bridgehead atoms. The predicted octanol–water partition coefficient (Wildman–Crippen LogP) is 2.08. The van der Waals surface area contributed by atoms with E-state index in [1.165, 1.54) is 0 Å². The van der Waals surface area contributed by atoms with Crippen molar-refractivity contribution in [3.8, 4) is 0 Å². The molecule has 1 aromatic heterocycles. The van der Waals surface area contributed by atoms with Crippen molar-refractivity contribution in [2.24, 2.45) is 5.92 Å². The standard InChI is InChI=1S/C13H20F3N3O2/c1-9(2)12(4-5-17-7-12)11-18-10(19-21-11)3-6-20-8-13(14,15)16/h9,17H,3-8H2,1-2H3. The fourth-order valence-corrected chi connectivity index (χ4v) is 2.54. The Bertz CT molecular complexity index is 454. The van der Waals surface area contributed by atoms with E-state index in [2.05, 4.69) is 34.0 Å². The molecule has 1 atom stereocenters. The third kappa shape index (κ3) is 3.94. The Morgan fingerprint density at radius 1 is 1.43 bits per heavy atom. The number of hydrogen-bond donors (Lipinski definition) is 1. The monoisotopic (exact) mass is 307 g/mol. The van der Waals surface area contributed by atoms with E-state index in [-0.39, 0.29) is 18.4 Å². The molecule has 1 aliphatic rings. The summed E-state index contributed by atoms with van der Waals surface area (Å²) >= 11 is 0. The van der Waals surface area contributed by atoms with Gasteiger partial charge in [0.15, 0.2) is 5.82 Å². The maximum Gasteiger partial charge on any atom is 0.411 e. The van der Waals surface area contributed by atoms with Gasteiger partial charge in [0.25, 0.3) is 0 Å². The lowest BCUT2D eigenvalue weighted by Crippen LogP contribution is -2.35. The Kier molecular flexibility index (Phi) is 4.88. The first-order chi connectivity index (χ1) is 9.83. The van der Waals surface area contributed by atoms with E-state index in [1.54, 1.807) is 0 Å². The van der Waals surface area contributed by atoms with Crippen molar-refractivity contribution in [1.82, 2.24) is 15.5 Å². The van der Waals surface area contributed by atoms with Crippen LogP contribution in [0, 0.1) is 5.92 Å². The van der Waals surface area contributed by atoms with E-state index in [4.69, 9.17) is 4.52 Å². The van der Waals surface area contributed by atoms with Gasteiger partial charge in [-0.05, 0) is 18.9 Å². The molecule has 1 unspecified atom stereocenters. The number of alkyl halides is 3. The first-order valence-electron chi connectivity index (χ1n) is 7.02. The zero-order valence-corrected chi connectivity index (χ0v) is 12.2. The molecule has 0 aliphatic carbocycles. The SMILES string of the molecule is CC(C)C1(c2nc(CCOCC(F)(F)F)no2)CCNC1. The highest BCUT2D eigenvalue weighted by Gasteiger charge is 2.43. The van der Waals surface area contributed by atoms with Gasteiger partial charge in [-0.2, -0.15) is 18.2 Å². The molecular formula is C13H20F3N3O2. The lowest BCUT2D eigenvalue weighted by Gasteiger charge is -2.28. The van der Waals surface area contributed by atoms with Crippen LogP contribution in [-0.2, 0) is 16.6 Å². The minimum atomic E-state index is -4.31. The number of ether oxygens (including phenoxy) is 1. The number of rotatable bonds is 6. The summed E-state index contributed by atoms with van der Waals surface area (Å²) in [5, 5.41) is 7.14. The van der Waals surface area contributed by atoms with Gasteiger partial charge in [0.05, 0.1) is 12.0 Å². The minimum absolute atomic E-state index is 0.0780. The summed E-state index contributed by atoms with van der Waals surface area (Å²) in [4.78, 5) is 4.34. The Morgan fingerprint density at radius 2 is 2.19 bits per heavy atom. The molecule has 1 N–H and O–H groups in total. The Labute approximate surface area is 121 Å². The van der Waals surface area contributed by atoms with Crippen molar-refractivity contribution in [2.45, 2.75) is 38.3 Å². The predicted molar refractivity (Wildman–Crippen MR) is 68.9 cm³/mol. The number of aromatic nitrogens is 2. The molecule has 120 valence electrons. The maximum atomic E-state index is 11.9. The van der Waals surface area contributed by atoms with E-state index < -0.39 is 12.8 Å². The van der Waals surface area contributed by atoms with Gasteiger partial charge in [-0.1, -0.05) is 19.0 Å². The van der Waals surface area contributed by atoms with Gasteiger partial charge in [-0.25, -0.2) is 0 Å². The normalized spacial score (nSPS) is 23.1. The fraction of sp³-hybridized carbons (Fsp3) is 0.846. The molecule has 1 aliphatic heterocycles. The van der Waals surface area contributed by atoms with E-state index in [0.29, 0.717) is 17.6 Å². The Balaban J connectivity index is 1.92. The van der Waals surface area contributed by atoms with Crippen molar-refractivity contribution >= 4 is 0 Å². The molecular weight excluding hydrogens is 287 g/mol. The van der Waals surface area contributed by atoms with Crippen LogP contribution in [0.15, 0.2) is 4.52 Å². The summed E-state index contributed by atoms with van der Waals surface area (Å²) in [5.74, 6) is 1.29. The summed E-state index contributed by atoms with van der Waals surface area (Å²) in [5.41, 5.74) is -0.182. The van der Waals surface area contributed by atoms with E-state index >= 15 is 0 Å². The van der Waals surface area contributed by atoms with Crippen LogP contribution in [-0.4, -0.2) is 42.6 Å². The van der Waals surface area contributed by atoms with E-state index in [0.717, 1.165) is 19.5 Å². The molecule has 0 amide bonds. The van der Waals surface area contributed by atoms with Gasteiger partial charge in [0.2, 0.25) is 5.89 Å². The second kappa shape index (κ2) is 6.31. The van der Waals surface area contributed by atoms with Gasteiger partial charge in [0, 0.05) is 13.0 Å². The van der Waals surface area contributed by atoms with Crippen LogP contribution < -0.4 is 5.32 Å². The van der Waals surface area contributed by atoms with Crippen molar-refractivity contribution in [2.75, 3.05) is 26.3 Å². The van der Waals surface area contributed by atoms with Crippen molar-refractivity contribution in [3.05, 3.63) is 11.7 Å². The Morgan fingerprint density at radius 3 is 2.76 bits per heavy atom. The highest BCUT2D eigenvalue weighted by atomic mass is 19.4. The van der Waals surface area contributed by atoms with Crippen molar-refractivity contribution in [1.29, 1.82) is 0 Å². The van der Waals surface area contributed by atoms with Crippen LogP contribution in [0.3, 0.4) is 0 Å². The Hall–Kier alpha value is -1.15. The number of halogens is 3. The smallest absolute Gasteiger partial charge is 0.372 e. The third-order valence-electron chi connectivity index (χ3n) is 3.92. The van der Waals surface area contributed by atoms with Crippen LogP contribution in [0.2, 0.25) is 0 Å². The molecule has 0 radical (unpaired) electrons. The average Bonchev–Trinajstić information content (AvgIpc) is 3.03. The topological polar surface area (TPSA) is 60.2 Å². The van der Waals surface area contributed by atoms with Gasteiger partial charge < -0.3 is 14.6 Å². The highest BCUT2D eigenvalue weighted by molar-refractivity contribution is 5.11. The molecule has 8 heteroatoms. The zero-order valence-electron chi connectivity index (χ0n) is 12.2. The second-order valence-corrected chi connectivity index (χ2v) is 5.67. The molecule has 1 aromatic rings. The molecule has 0 aromatic carbocycles. The minimum Gasteiger partial charge on any atom is -0.372 e. The van der Waals surface area contributed by atoms with Gasteiger partial charge in [-0.3, -0.25) is 0 Å². The molecule has 2 heterocycles. The molecule has 21 heavy (non-hydrogen) atoms. The van der Waals surface area contributed by atoms with Crippen LogP contribution in [0.1, 0.15) is 32.0 Å². The van der Waals surface area contributed by atoms with Gasteiger partial charge in [-0.15, -0.1) is 0 Å².